The van der Waals surface area contributed by atoms with Crippen LogP contribution in [0.4, 0.5) is 13.2 Å². The third-order valence-corrected chi connectivity index (χ3v) is 3.44. The number of amides is 1. The molecule has 1 heterocycles. The number of hydrogen-bond acceptors (Lipinski definition) is 2. The first-order valence-corrected chi connectivity index (χ1v) is 7.26. The van der Waals surface area contributed by atoms with E-state index in [1.54, 1.807) is 10.9 Å². The van der Waals surface area contributed by atoms with Gasteiger partial charge < -0.3 is 5.32 Å². The van der Waals surface area contributed by atoms with Crippen molar-refractivity contribution in [3.8, 4) is 11.3 Å². The van der Waals surface area contributed by atoms with E-state index in [2.05, 4.69) is 10.4 Å². The first-order chi connectivity index (χ1) is 10.8. The van der Waals surface area contributed by atoms with Gasteiger partial charge in [0.2, 0.25) is 5.91 Å². The number of carbonyl (C=O) groups excluding carboxylic acids is 1. The fourth-order valence-electron chi connectivity index (χ4n) is 2.19. The smallest absolute Gasteiger partial charge is 0.356 e. The Morgan fingerprint density at radius 2 is 1.91 bits per heavy atom. The average Bonchev–Trinajstić information content (AvgIpc) is 2.91. The molecule has 0 spiro atoms. The second-order valence-corrected chi connectivity index (χ2v) is 5.25. The molecule has 0 saturated heterocycles. The maximum Gasteiger partial charge on any atom is 0.389 e. The number of halogens is 3. The van der Waals surface area contributed by atoms with Gasteiger partial charge in [-0.2, -0.15) is 18.3 Å². The highest BCUT2D eigenvalue weighted by Gasteiger charge is 2.27. The molecule has 1 N–H and O–H groups in total. The number of aryl methyl sites for hydroxylation is 1. The Kier molecular flexibility index (Phi) is 5.41. The highest BCUT2D eigenvalue weighted by molar-refractivity contribution is 5.75. The summed E-state index contributed by atoms with van der Waals surface area (Å²) in [5.74, 6) is -0.575. The number of benzene rings is 1. The van der Waals surface area contributed by atoms with Gasteiger partial charge in [-0.05, 0) is 23.6 Å². The van der Waals surface area contributed by atoms with Crippen LogP contribution in [0.1, 0.15) is 18.4 Å². The van der Waals surface area contributed by atoms with Crippen LogP contribution in [0.5, 0.6) is 0 Å². The maximum absolute atomic E-state index is 12.0. The zero-order valence-corrected chi connectivity index (χ0v) is 12.7. The SMILES string of the molecule is Cn1nccc1-c1ccc(CCNC(=O)CCC(F)(F)F)cc1. The predicted molar refractivity (Wildman–Crippen MR) is 80.6 cm³/mol. The Morgan fingerprint density at radius 3 is 2.48 bits per heavy atom. The second-order valence-electron chi connectivity index (χ2n) is 5.25. The summed E-state index contributed by atoms with van der Waals surface area (Å²) in [4.78, 5) is 11.3. The summed E-state index contributed by atoms with van der Waals surface area (Å²) in [6.07, 6.45) is -3.61. The first-order valence-electron chi connectivity index (χ1n) is 7.26. The van der Waals surface area contributed by atoms with Gasteiger partial charge in [-0.25, -0.2) is 0 Å². The number of nitrogens with one attached hydrogen (secondary N) is 1. The van der Waals surface area contributed by atoms with Crippen LogP contribution in [-0.4, -0.2) is 28.4 Å². The van der Waals surface area contributed by atoms with Gasteiger partial charge in [0.05, 0.1) is 12.1 Å². The normalized spacial score (nSPS) is 11.5. The molecule has 0 aliphatic heterocycles. The third kappa shape index (κ3) is 5.43. The van der Waals surface area contributed by atoms with E-state index in [0.29, 0.717) is 13.0 Å². The minimum Gasteiger partial charge on any atom is -0.356 e. The molecular formula is C16H18F3N3O. The molecule has 1 amide bonds. The van der Waals surface area contributed by atoms with E-state index in [4.69, 9.17) is 0 Å². The van der Waals surface area contributed by atoms with Crippen LogP contribution in [0.3, 0.4) is 0 Å². The molecule has 124 valence electrons. The maximum atomic E-state index is 12.0. The zero-order valence-electron chi connectivity index (χ0n) is 12.7. The molecule has 23 heavy (non-hydrogen) atoms. The fraction of sp³-hybridized carbons (Fsp3) is 0.375. The molecule has 1 aromatic carbocycles. The van der Waals surface area contributed by atoms with Crippen LogP contribution in [0.25, 0.3) is 11.3 Å². The van der Waals surface area contributed by atoms with E-state index >= 15 is 0 Å². The van der Waals surface area contributed by atoms with Crippen molar-refractivity contribution in [2.24, 2.45) is 7.05 Å². The molecule has 0 radical (unpaired) electrons. The van der Waals surface area contributed by atoms with Crippen molar-refractivity contribution in [2.75, 3.05) is 6.54 Å². The van der Waals surface area contributed by atoms with Gasteiger partial charge in [0.15, 0.2) is 0 Å². The van der Waals surface area contributed by atoms with Crippen LogP contribution in [-0.2, 0) is 18.3 Å². The summed E-state index contributed by atoms with van der Waals surface area (Å²) < 4.78 is 37.8. The van der Waals surface area contributed by atoms with Crippen molar-refractivity contribution >= 4 is 5.91 Å². The number of alkyl halides is 3. The van der Waals surface area contributed by atoms with E-state index in [9.17, 15) is 18.0 Å². The summed E-state index contributed by atoms with van der Waals surface area (Å²) in [7, 11) is 1.86. The van der Waals surface area contributed by atoms with Gasteiger partial charge in [-0.15, -0.1) is 0 Å². The number of rotatable bonds is 6. The minimum atomic E-state index is -4.29. The molecule has 0 aliphatic rings. The lowest BCUT2D eigenvalue weighted by molar-refractivity contribution is -0.144. The highest BCUT2D eigenvalue weighted by atomic mass is 19.4. The Labute approximate surface area is 132 Å². The van der Waals surface area contributed by atoms with Gasteiger partial charge in [0.1, 0.15) is 0 Å². The van der Waals surface area contributed by atoms with Crippen molar-refractivity contribution in [3.63, 3.8) is 0 Å². The molecule has 2 aromatic rings. The molecule has 2 rings (SSSR count). The molecule has 7 heteroatoms. The molecule has 0 aliphatic carbocycles. The molecule has 0 saturated carbocycles. The van der Waals surface area contributed by atoms with Crippen molar-refractivity contribution in [1.29, 1.82) is 0 Å². The monoisotopic (exact) mass is 325 g/mol. The number of hydrogen-bond donors (Lipinski definition) is 1. The van der Waals surface area contributed by atoms with Crippen LogP contribution < -0.4 is 5.32 Å². The Balaban J connectivity index is 1.79. The topological polar surface area (TPSA) is 46.9 Å². The minimum absolute atomic E-state index is 0.321. The van der Waals surface area contributed by atoms with Crippen LogP contribution in [0, 0.1) is 0 Å². The standard InChI is InChI=1S/C16H18F3N3O/c1-22-14(8-11-21-22)13-4-2-12(3-5-13)7-10-20-15(23)6-9-16(17,18)19/h2-5,8,11H,6-7,9-10H2,1H3,(H,20,23). The molecule has 0 atom stereocenters. The van der Waals surface area contributed by atoms with Crippen LogP contribution >= 0.6 is 0 Å². The highest BCUT2D eigenvalue weighted by Crippen LogP contribution is 2.21. The predicted octanol–water partition coefficient (Wildman–Crippen LogP) is 3.09. The van der Waals surface area contributed by atoms with Crippen molar-refractivity contribution in [1.82, 2.24) is 15.1 Å². The van der Waals surface area contributed by atoms with Gasteiger partial charge >= 0.3 is 6.18 Å². The van der Waals surface area contributed by atoms with E-state index < -0.39 is 24.9 Å². The number of carbonyl (C=O) groups is 1. The van der Waals surface area contributed by atoms with Gasteiger partial charge in [0.25, 0.3) is 0 Å². The van der Waals surface area contributed by atoms with Crippen LogP contribution in [0.15, 0.2) is 36.5 Å². The van der Waals surface area contributed by atoms with Gasteiger partial charge in [0, 0.05) is 26.2 Å². The summed E-state index contributed by atoms with van der Waals surface area (Å²) in [5.41, 5.74) is 3.03. The van der Waals surface area contributed by atoms with Crippen molar-refractivity contribution in [2.45, 2.75) is 25.4 Å². The molecule has 0 bridgehead atoms. The second kappa shape index (κ2) is 7.30. The largest absolute Gasteiger partial charge is 0.389 e. The zero-order chi connectivity index (χ0) is 16.9. The fourth-order valence-corrected chi connectivity index (χ4v) is 2.19. The van der Waals surface area contributed by atoms with E-state index in [-0.39, 0.29) is 0 Å². The summed E-state index contributed by atoms with van der Waals surface area (Å²) >= 11 is 0. The number of nitrogens with zero attached hydrogens (tertiary/aromatic N) is 2. The van der Waals surface area contributed by atoms with Crippen molar-refractivity contribution < 1.29 is 18.0 Å². The van der Waals surface area contributed by atoms with Gasteiger partial charge in [-0.3, -0.25) is 9.48 Å². The summed E-state index contributed by atoms with van der Waals surface area (Å²) in [5, 5.41) is 6.61. The lowest BCUT2D eigenvalue weighted by Gasteiger charge is -2.08. The van der Waals surface area contributed by atoms with E-state index in [0.717, 1.165) is 16.8 Å². The Bertz CT molecular complexity index is 647. The molecule has 1 aromatic heterocycles. The lowest BCUT2D eigenvalue weighted by atomic mass is 10.1. The average molecular weight is 325 g/mol. The molecular weight excluding hydrogens is 307 g/mol. The quantitative estimate of drug-likeness (QED) is 0.887. The van der Waals surface area contributed by atoms with Crippen LogP contribution in [0.2, 0.25) is 0 Å². The number of aromatic nitrogens is 2. The molecule has 0 unspecified atom stereocenters. The summed E-state index contributed by atoms with van der Waals surface area (Å²) in [6, 6.07) is 9.69. The van der Waals surface area contributed by atoms with Gasteiger partial charge in [-0.1, -0.05) is 24.3 Å². The Morgan fingerprint density at radius 1 is 1.22 bits per heavy atom. The third-order valence-electron chi connectivity index (χ3n) is 3.44. The molecule has 0 fully saturated rings. The molecule has 4 nitrogen and oxygen atoms in total. The van der Waals surface area contributed by atoms with E-state index in [1.807, 2.05) is 37.4 Å². The lowest BCUT2D eigenvalue weighted by Crippen LogP contribution is -2.26. The summed E-state index contributed by atoms with van der Waals surface area (Å²) in [6.45, 7) is 0.321. The Hall–Kier alpha value is -2.31. The van der Waals surface area contributed by atoms with E-state index in [1.165, 1.54) is 0 Å². The van der Waals surface area contributed by atoms with Crippen molar-refractivity contribution in [3.05, 3.63) is 42.1 Å². The first kappa shape index (κ1) is 17.1.